The van der Waals surface area contributed by atoms with Crippen LogP contribution in [-0.4, -0.2) is 164 Å². The van der Waals surface area contributed by atoms with E-state index in [4.69, 9.17) is 41.9 Å². The van der Waals surface area contributed by atoms with E-state index in [1.807, 2.05) is 0 Å². The van der Waals surface area contributed by atoms with Crippen LogP contribution in [0.3, 0.4) is 0 Å². The molecule has 40 heavy (non-hydrogen) atoms. The van der Waals surface area contributed by atoms with Gasteiger partial charge in [0.05, 0.1) is 25.4 Å². The van der Waals surface area contributed by atoms with E-state index in [2.05, 4.69) is 15.3 Å². The fourth-order valence-corrected chi connectivity index (χ4v) is 5.17. The topological polar surface area (TPSA) is 340 Å². The summed E-state index contributed by atoms with van der Waals surface area (Å²) < 4.78 is 23.2. The molecule has 0 unspecified atom stereocenters. The van der Waals surface area contributed by atoms with Crippen LogP contribution in [0, 0.1) is 0 Å². The van der Waals surface area contributed by atoms with Crippen LogP contribution in [0.15, 0.2) is 9.98 Å². The van der Waals surface area contributed by atoms with Crippen molar-refractivity contribution >= 4 is 11.9 Å². The van der Waals surface area contributed by atoms with Gasteiger partial charge in [-0.2, -0.15) is 0 Å². The zero-order valence-corrected chi connectivity index (χ0v) is 21.9. The average Bonchev–Trinajstić information content (AvgIpc) is 3.13. The van der Waals surface area contributed by atoms with E-state index in [1.54, 1.807) is 0 Å². The largest absolute Gasteiger partial charge is 0.394 e. The highest BCUT2D eigenvalue weighted by Gasteiger charge is 2.60. The van der Waals surface area contributed by atoms with Crippen molar-refractivity contribution in [1.82, 2.24) is 5.32 Å². The third kappa shape index (κ3) is 6.11. The third-order valence-corrected chi connectivity index (χ3v) is 7.49. The van der Waals surface area contributed by atoms with Crippen LogP contribution in [-0.2, 0) is 18.9 Å². The van der Waals surface area contributed by atoms with Crippen molar-refractivity contribution in [2.24, 2.45) is 32.9 Å². The van der Waals surface area contributed by atoms with Crippen molar-refractivity contribution in [2.45, 2.75) is 98.2 Å². The average molecular weight is 584 g/mol. The first-order valence-corrected chi connectivity index (χ1v) is 12.5. The van der Waals surface area contributed by atoms with Crippen LogP contribution in [0.2, 0.25) is 0 Å². The van der Waals surface area contributed by atoms with Crippen molar-refractivity contribution in [3.05, 3.63) is 0 Å². The van der Waals surface area contributed by atoms with Gasteiger partial charge in [-0.1, -0.05) is 0 Å². The van der Waals surface area contributed by atoms with E-state index in [0.717, 1.165) is 0 Å². The van der Waals surface area contributed by atoms with Gasteiger partial charge in [-0.15, -0.1) is 0 Å². The van der Waals surface area contributed by atoms with Crippen LogP contribution >= 0.6 is 0 Å². The van der Waals surface area contributed by atoms with E-state index in [0.29, 0.717) is 0 Å². The fraction of sp³-hybridized carbons (Fsp3) is 0.905. The van der Waals surface area contributed by atoms with E-state index >= 15 is 0 Å². The number of nitrogens with one attached hydrogen (secondary N) is 1. The molecule has 2 aliphatic heterocycles. The van der Waals surface area contributed by atoms with Gasteiger partial charge in [0.25, 0.3) is 0 Å². The van der Waals surface area contributed by atoms with Crippen LogP contribution in [0.1, 0.15) is 6.92 Å². The summed E-state index contributed by atoms with van der Waals surface area (Å²) in [6.45, 7) is -0.199. The molecule has 17 N–H and O–H groups in total. The molecule has 0 aromatic carbocycles. The van der Waals surface area contributed by atoms with Crippen molar-refractivity contribution < 1.29 is 59.8 Å². The molecule has 0 spiro atoms. The van der Waals surface area contributed by atoms with Crippen LogP contribution in [0.25, 0.3) is 0 Å². The minimum atomic E-state index is -2.15. The molecule has 0 aromatic heterocycles. The quantitative estimate of drug-likeness (QED) is 0.0884. The lowest BCUT2D eigenvalue weighted by Crippen LogP contribution is -2.66. The standard InChI is InChI=1S/C21H41N7O12/c1-5-21(36,4-30)16(40-17-9(26-2)13(34)10(31)6(3-29)38-17)18(37-5)39-15-8(28-20(24)25)11(32)7(27-19(22)23)12(33)14(15)35/h5-18,26,29-36H,3-4H2,1-2H3,(H4,22,23,27)(H4,24,25,28)/t5-,6-,7-,8-,9-,10+,11+,12-,13-,14-,15-,16+,17+,18-,21+/m0/s1. The molecule has 1 aliphatic carbocycles. The van der Waals surface area contributed by atoms with Crippen molar-refractivity contribution in [2.75, 3.05) is 20.3 Å². The highest BCUT2D eigenvalue weighted by atomic mass is 16.8. The molecule has 3 rings (SSSR count). The Morgan fingerprint density at radius 1 is 0.825 bits per heavy atom. The predicted octanol–water partition coefficient (Wildman–Crippen LogP) is -8.37. The highest BCUT2D eigenvalue weighted by molar-refractivity contribution is 5.76. The maximum Gasteiger partial charge on any atom is 0.187 e. The van der Waals surface area contributed by atoms with Crippen LogP contribution in [0.5, 0.6) is 0 Å². The maximum absolute atomic E-state index is 11.3. The molecule has 1 saturated carbocycles. The van der Waals surface area contributed by atoms with Gasteiger partial charge in [-0.05, 0) is 14.0 Å². The molecule has 2 saturated heterocycles. The second-order valence-electron chi connectivity index (χ2n) is 10.0. The van der Waals surface area contributed by atoms with Crippen LogP contribution in [0.4, 0.5) is 0 Å². The number of likely N-dealkylation sites (N-methyl/N-ethyl adjacent to an activating group) is 1. The number of aliphatic hydroxyl groups is 8. The smallest absolute Gasteiger partial charge is 0.187 e. The number of nitrogens with two attached hydrogens (primary N) is 4. The molecule has 19 heteroatoms. The van der Waals surface area contributed by atoms with Crippen LogP contribution < -0.4 is 28.3 Å². The zero-order valence-electron chi connectivity index (χ0n) is 21.9. The van der Waals surface area contributed by atoms with Gasteiger partial charge in [-0.3, -0.25) is 0 Å². The fourth-order valence-electron chi connectivity index (χ4n) is 5.17. The SMILES string of the molecule is CN[C@@H]1[C@@H](O[C@@H]2[C@H](O[C@@H]3[C@@H](O)[C@@H](O)[C@@H](N=C(N)N)[C@@H](O)[C@@H]3N=C(N)N)O[C@@H](C)[C@]2(O)CO)O[C@@H](CO)[C@@H](O)[C@H]1O. The van der Waals surface area contributed by atoms with Gasteiger partial charge in [0.15, 0.2) is 24.5 Å². The number of hydrogen-bond donors (Lipinski definition) is 13. The molecular formula is C21H41N7O12. The van der Waals surface area contributed by atoms with Gasteiger partial charge in [0, 0.05) is 0 Å². The molecule has 15 atom stereocenters. The highest BCUT2D eigenvalue weighted by Crippen LogP contribution is 2.39. The third-order valence-electron chi connectivity index (χ3n) is 7.49. The van der Waals surface area contributed by atoms with Gasteiger partial charge < -0.3 is 88.1 Å². The Labute approximate surface area is 229 Å². The summed E-state index contributed by atoms with van der Waals surface area (Å²) >= 11 is 0. The lowest BCUT2D eigenvalue weighted by molar-refractivity contribution is -0.317. The lowest BCUT2D eigenvalue weighted by atomic mass is 9.81. The van der Waals surface area contributed by atoms with Crippen molar-refractivity contribution in [3.8, 4) is 0 Å². The van der Waals surface area contributed by atoms with E-state index < -0.39 is 116 Å². The normalized spacial score (nSPS) is 47.5. The Balaban J connectivity index is 1.96. The first-order chi connectivity index (χ1) is 18.7. The van der Waals surface area contributed by atoms with Gasteiger partial charge in [0.2, 0.25) is 0 Å². The Hall–Kier alpha value is -1.98. The molecule has 3 aliphatic rings. The first-order valence-electron chi connectivity index (χ1n) is 12.5. The number of guanidine groups is 2. The molecule has 0 radical (unpaired) electrons. The Morgan fingerprint density at radius 2 is 1.43 bits per heavy atom. The Kier molecular flexibility index (Phi) is 10.5. The minimum absolute atomic E-state index is 0.493. The summed E-state index contributed by atoms with van der Waals surface area (Å²) in [5.74, 6) is -1.01. The molecular weight excluding hydrogens is 542 g/mol. The molecule has 0 amide bonds. The zero-order chi connectivity index (χ0) is 30.1. The summed E-state index contributed by atoms with van der Waals surface area (Å²) in [6.07, 6.45) is -16.9. The Morgan fingerprint density at radius 3 is 1.95 bits per heavy atom. The molecule has 2 heterocycles. The monoisotopic (exact) mass is 583 g/mol. The number of aliphatic hydroxyl groups excluding tert-OH is 7. The molecule has 232 valence electrons. The van der Waals surface area contributed by atoms with E-state index in [9.17, 15) is 40.9 Å². The Bertz CT molecular complexity index is 911. The molecule has 0 aromatic rings. The number of nitrogens with zero attached hydrogens (tertiary/aromatic N) is 2. The summed E-state index contributed by atoms with van der Waals surface area (Å²) in [5.41, 5.74) is 19.7. The van der Waals surface area contributed by atoms with E-state index in [-0.39, 0.29) is 0 Å². The van der Waals surface area contributed by atoms with Crippen molar-refractivity contribution in [1.29, 1.82) is 0 Å². The van der Waals surface area contributed by atoms with Gasteiger partial charge >= 0.3 is 0 Å². The predicted molar refractivity (Wildman–Crippen MR) is 134 cm³/mol. The number of aliphatic imine (C=N–C) groups is 2. The summed E-state index contributed by atoms with van der Waals surface area (Å²) in [7, 11) is 1.44. The summed E-state index contributed by atoms with van der Waals surface area (Å²) in [6, 6.07) is -4.00. The van der Waals surface area contributed by atoms with E-state index in [1.165, 1.54) is 14.0 Å². The molecule has 3 fully saturated rings. The first kappa shape index (κ1) is 32.5. The maximum atomic E-state index is 11.3. The number of hydrogen-bond acceptors (Lipinski definition) is 15. The molecule has 19 nitrogen and oxygen atoms in total. The minimum Gasteiger partial charge on any atom is -0.394 e. The van der Waals surface area contributed by atoms with Gasteiger partial charge in [0.1, 0.15) is 66.5 Å². The number of rotatable bonds is 9. The summed E-state index contributed by atoms with van der Waals surface area (Å²) in [4.78, 5) is 7.66. The number of ether oxygens (including phenoxy) is 4. The summed E-state index contributed by atoms with van der Waals surface area (Å²) in [5, 5.41) is 87.0. The van der Waals surface area contributed by atoms with Crippen molar-refractivity contribution in [3.63, 3.8) is 0 Å². The molecule has 0 bridgehead atoms. The lowest BCUT2D eigenvalue weighted by Gasteiger charge is -2.45. The second-order valence-corrected chi connectivity index (χ2v) is 10.0. The van der Waals surface area contributed by atoms with Gasteiger partial charge in [-0.25, -0.2) is 9.98 Å². The second kappa shape index (κ2) is 12.9.